The summed E-state index contributed by atoms with van der Waals surface area (Å²) >= 11 is 1.82. The van der Waals surface area contributed by atoms with Crippen LogP contribution >= 0.6 is 11.3 Å². The maximum Gasteiger partial charge on any atom is 0.0930 e. The second kappa shape index (κ2) is 5.28. The normalized spacial score (nSPS) is 14.1. The quantitative estimate of drug-likeness (QED) is 0.875. The van der Waals surface area contributed by atoms with Crippen LogP contribution in [0.3, 0.4) is 0 Å². The van der Waals surface area contributed by atoms with Gasteiger partial charge in [-0.1, -0.05) is 20.8 Å². The van der Waals surface area contributed by atoms with Crippen molar-refractivity contribution in [2.24, 2.45) is 11.1 Å². The van der Waals surface area contributed by atoms with Gasteiger partial charge in [-0.05, 0) is 38.5 Å². The second-order valence-electron chi connectivity index (χ2n) is 5.61. The Hall–Kier alpha value is -0.410. The number of nitrogens with two attached hydrogens (primary N) is 1. The van der Waals surface area contributed by atoms with Gasteiger partial charge in [-0.25, -0.2) is 4.98 Å². The fourth-order valence-corrected chi connectivity index (χ4v) is 2.53. The van der Waals surface area contributed by atoms with Crippen molar-refractivity contribution in [1.82, 2.24) is 4.98 Å². The Balaban J connectivity index is 2.36. The van der Waals surface area contributed by atoms with Crippen molar-refractivity contribution < 1.29 is 0 Å². The van der Waals surface area contributed by atoms with Crippen LogP contribution in [-0.2, 0) is 6.42 Å². The lowest BCUT2D eigenvalue weighted by Crippen LogP contribution is -2.34. The van der Waals surface area contributed by atoms with Crippen LogP contribution in [0.4, 0.5) is 0 Å². The fourth-order valence-electron chi connectivity index (χ4n) is 1.55. The van der Waals surface area contributed by atoms with Crippen molar-refractivity contribution >= 4 is 11.3 Å². The molecule has 1 atom stereocenters. The first-order chi connectivity index (χ1) is 7.30. The highest BCUT2D eigenvalue weighted by molar-refractivity contribution is 7.11. The highest BCUT2D eigenvalue weighted by atomic mass is 32.1. The third-order valence-corrected chi connectivity index (χ3v) is 4.22. The van der Waals surface area contributed by atoms with Crippen LogP contribution in [0.25, 0.3) is 0 Å². The predicted molar refractivity (Wildman–Crippen MR) is 72.0 cm³/mol. The molecule has 0 aliphatic carbocycles. The molecule has 1 rings (SSSR count). The minimum atomic E-state index is 0.217. The predicted octanol–water partition coefficient (Wildman–Crippen LogP) is 3.46. The fraction of sp³-hybridized carbons (Fsp3) is 0.769. The molecule has 1 heterocycles. The Labute approximate surface area is 103 Å². The lowest BCUT2D eigenvalue weighted by molar-refractivity contribution is 0.301. The van der Waals surface area contributed by atoms with Gasteiger partial charge in [0.2, 0.25) is 0 Å². The van der Waals surface area contributed by atoms with Gasteiger partial charge in [-0.3, -0.25) is 0 Å². The molecule has 1 unspecified atom stereocenters. The van der Waals surface area contributed by atoms with Crippen LogP contribution in [0.15, 0.2) is 0 Å². The molecule has 0 radical (unpaired) electrons. The molecule has 2 nitrogen and oxygen atoms in total. The standard InChI is InChI=1S/C13H24N2S/c1-9-10(2)16-12(15-9)8-6-7-11(14)13(3,4)5/h11H,6-8,14H2,1-5H3. The molecule has 0 aliphatic rings. The monoisotopic (exact) mass is 240 g/mol. The third-order valence-electron chi connectivity index (χ3n) is 3.09. The van der Waals surface area contributed by atoms with E-state index >= 15 is 0 Å². The Kier molecular flexibility index (Phi) is 4.51. The Bertz CT molecular complexity index is 317. The van der Waals surface area contributed by atoms with E-state index in [-0.39, 0.29) is 11.5 Å². The zero-order valence-corrected chi connectivity index (χ0v) is 11.9. The van der Waals surface area contributed by atoms with E-state index in [1.165, 1.54) is 15.6 Å². The molecule has 3 heteroatoms. The summed E-state index contributed by atoms with van der Waals surface area (Å²) in [7, 11) is 0. The van der Waals surface area contributed by atoms with Crippen molar-refractivity contribution in [2.45, 2.75) is 59.9 Å². The van der Waals surface area contributed by atoms with Crippen molar-refractivity contribution in [3.63, 3.8) is 0 Å². The van der Waals surface area contributed by atoms with Crippen LogP contribution in [0.5, 0.6) is 0 Å². The first-order valence-corrected chi connectivity index (χ1v) is 6.81. The van der Waals surface area contributed by atoms with Gasteiger partial charge >= 0.3 is 0 Å². The number of hydrogen-bond donors (Lipinski definition) is 1. The van der Waals surface area contributed by atoms with Gasteiger partial charge in [0.25, 0.3) is 0 Å². The number of hydrogen-bond acceptors (Lipinski definition) is 3. The van der Waals surface area contributed by atoms with Gasteiger partial charge in [0.05, 0.1) is 10.7 Å². The first-order valence-electron chi connectivity index (χ1n) is 5.99. The number of nitrogens with zero attached hydrogens (tertiary/aromatic N) is 1. The summed E-state index contributed by atoms with van der Waals surface area (Å²) in [4.78, 5) is 5.89. The van der Waals surface area contributed by atoms with Gasteiger partial charge in [0.1, 0.15) is 0 Å². The van der Waals surface area contributed by atoms with Gasteiger partial charge in [0.15, 0.2) is 0 Å². The molecular weight excluding hydrogens is 216 g/mol. The minimum Gasteiger partial charge on any atom is -0.327 e. The average molecular weight is 240 g/mol. The maximum atomic E-state index is 6.13. The molecule has 92 valence electrons. The highest BCUT2D eigenvalue weighted by Crippen LogP contribution is 2.23. The van der Waals surface area contributed by atoms with Crippen LogP contribution in [-0.4, -0.2) is 11.0 Å². The molecule has 0 saturated heterocycles. The zero-order chi connectivity index (χ0) is 12.3. The van der Waals surface area contributed by atoms with E-state index in [2.05, 4.69) is 39.6 Å². The molecule has 1 aromatic heterocycles. The van der Waals surface area contributed by atoms with Crippen molar-refractivity contribution in [2.75, 3.05) is 0 Å². The van der Waals surface area contributed by atoms with Crippen molar-refractivity contribution in [3.8, 4) is 0 Å². The Morgan fingerprint density at radius 1 is 1.31 bits per heavy atom. The van der Waals surface area contributed by atoms with Crippen LogP contribution < -0.4 is 5.73 Å². The largest absolute Gasteiger partial charge is 0.327 e. The molecule has 0 saturated carbocycles. The van der Waals surface area contributed by atoms with Crippen LogP contribution in [0, 0.1) is 19.3 Å². The molecular formula is C13H24N2S. The topological polar surface area (TPSA) is 38.9 Å². The summed E-state index contributed by atoms with van der Waals surface area (Å²) < 4.78 is 0. The summed E-state index contributed by atoms with van der Waals surface area (Å²) in [5, 5.41) is 1.26. The second-order valence-corrected chi connectivity index (χ2v) is 6.90. The summed E-state index contributed by atoms with van der Waals surface area (Å²) in [6.45, 7) is 10.8. The lowest BCUT2D eigenvalue weighted by Gasteiger charge is -2.26. The van der Waals surface area contributed by atoms with E-state index in [0.29, 0.717) is 0 Å². The molecule has 1 aromatic rings. The molecule has 0 fully saturated rings. The van der Waals surface area contributed by atoms with Gasteiger partial charge in [0, 0.05) is 10.9 Å². The highest BCUT2D eigenvalue weighted by Gasteiger charge is 2.19. The molecule has 0 spiro atoms. The number of thiazole rings is 1. The van der Waals surface area contributed by atoms with Crippen molar-refractivity contribution in [3.05, 3.63) is 15.6 Å². The van der Waals surface area contributed by atoms with Gasteiger partial charge in [-0.15, -0.1) is 11.3 Å². The molecule has 2 N–H and O–H groups in total. The number of rotatable bonds is 4. The van der Waals surface area contributed by atoms with E-state index in [9.17, 15) is 0 Å². The summed E-state index contributed by atoms with van der Waals surface area (Å²) in [5.74, 6) is 0. The van der Waals surface area contributed by atoms with Gasteiger partial charge < -0.3 is 5.73 Å². The van der Waals surface area contributed by atoms with E-state index in [1.807, 2.05) is 11.3 Å². The first kappa shape index (κ1) is 13.7. The Morgan fingerprint density at radius 3 is 2.38 bits per heavy atom. The minimum absolute atomic E-state index is 0.217. The van der Waals surface area contributed by atoms with E-state index < -0.39 is 0 Å². The third kappa shape index (κ3) is 3.87. The number of aryl methyl sites for hydroxylation is 3. The molecule has 0 aliphatic heterocycles. The number of aromatic nitrogens is 1. The SMILES string of the molecule is Cc1nc(CCCC(N)C(C)(C)C)sc1C. The summed E-state index contributed by atoms with van der Waals surface area (Å²) in [5.41, 5.74) is 7.53. The summed E-state index contributed by atoms with van der Waals surface area (Å²) in [6.07, 6.45) is 3.30. The molecule has 0 aromatic carbocycles. The Morgan fingerprint density at radius 2 is 1.94 bits per heavy atom. The maximum absolute atomic E-state index is 6.13. The van der Waals surface area contributed by atoms with Crippen molar-refractivity contribution in [1.29, 1.82) is 0 Å². The average Bonchev–Trinajstić information content (AvgIpc) is 2.44. The van der Waals surface area contributed by atoms with Crippen LogP contribution in [0.1, 0.15) is 49.2 Å². The van der Waals surface area contributed by atoms with E-state index in [0.717, 1.165) is 19.3 Å². The lowest BCUT2D eigenvalue weighted by atomic mass is 9.84. The zero-order valence-electron chi connectivity index (χ0n) is 11.1. The molecule has 16 heavy (non-hydrogen) atoms. The molecule has 0 bridgehead atoms. The smallest absolute Gasteiger partial charge is 0.0930 e. The van der Waals surface area contributed by atoms with E-state index in [1.54, 1.807) is 0 Å². The summed E-state index contributed by atoms with van der Waals surface area (Å²) in [6, 6.07) is 0.287. The molecule has 0 amide bonds. The van der Waals surface area contributed by atoms with Crippen LogP contribution in [0.2, 0.25) is 0 Å². The van der Waals surface area contributed by atoms with Gasteiger partial charge in [-0.2, -0.15) is 0 Å². The van der Waals surface area contributed by atoms with E-state index in [4.69, 9.17) is 5.73 Å².